The van der Waals surface area contributed by atoms with E-state index in [0.717, 1.165) is 29.8 Å². The van der Waals surface area contributed by atoms with E-state index in [9.17, 15) is 14.4 Å². The van der Waals surface area contributed by atoms with E-state index >= 15 is 0 Å². The van der Waals surface area contributed by atoms with E-state index in [1.807, 2.05) is 48.5 Å². The normalized spacial score (nSPS) is 17.7. The second-order valence-electron chi connectivity index (χ2n) is 8.09. The first-order chi connectivity index (χ1) is 15.1. The number of benzene rings is 2. The summed E-state index contributed by atoms with van der Waals surface area (Å²) < 4.78 is 0. The van der Waals surface area contributed by atoms with Crippen LogP contribution < -0.4 is 10.7 Å². The Bertz CT molecular complexity index is 1190. The number of hydrazine groups is 1. The van der Waals surface area contributed by atoms with Crippen molar-refractivity contribution in [2.24, 2.45) is 0 Å². The van der Waals surface area contributed by atoms with Crippen LogP contribution in [0.5, 0.6) is 0 Å². The third-order valence-electron chi connectivity index (χ3n) is 6.11. The van der Waals surface area contributed by atoms with Crippen LogP contribution in [0, 0.1) is 0 Å². The van der Waals surface area contributed by atoms with Crippen LogP contribution in [-0.4, -0.2) is 33.4 Å². The molecule has 2 aromatic carbocycles. The van der Waals surface area contributed by atoms with E-state index in [4.69, 9.17) is 0 Å². The standard InChI is InChI=1S/C24H22N4O3/c29-21(27-28-22(30)24(26-23(28)31)13-7-2-8-14-24)18-15-20(16-9-3-1-4-10-16)25-19-12-6-5-11-17(18)19/h1,3-6,9-12,15H,2,7-8,13-14H2,(H,26,31)(H,27,29). The highest BCUT2D eigenvalue weighted by Crippen LogP contribution is 2.33. The number of para-hydroxylation sites is 1. The van der Waals surface area contributed by atoms with Crippen LogP contribution in [0.2, 0.25) is 0 Å². The van der Waals surface area contributed by atoms with Crippen molar-refractivity contribution in [3.63, 3.8) is 0 Å². The maximum atomic E-state index is 13.2. The molecule has 31 heavy (non-hydrogen) atoms. The molecule has 1 aromatic heterocycles. The summed E-state index contributed by atoms with van der Waals surface area (Å²) in [4.78, 5) is 43.5. The van der Waals surface area contributed by atoms with Crippen molar-refractivity contribution >= 4 is 28.7 Å². The molecular weight excluding hydrogens is 392 g/mol. The molecule has 0 atom stereocenters. The Morgan fingerprint density at radius 2 is 1.68 bits per heavy atom. The molecule has 2 N–H and O–H groups in total. The van der Waals surface area contributed by atoms with E-state index < -0.39 is 17.5 Å². The molecule has 1 aliphatic heterocycles. The van der Waals surface area contributed by atoms with Gasteiger partial charge in [-0.3, -0.25) is 15.0 Å². The second kappa shape index (κ2) is 7.50. The average Bonchev–Trinajstić information content (AvgIpc) is 3.03. The fourth-order valence-electron chi connectivity index (χ4n) is 4.50. The summed E-state index contributed by atoms with van der Waals surface area (Å²) in [6.07, 6.45) is 4.00. The Morgan fingerprint density at radius 1 is 0.968 bits per heavy atom. The minimum Gasteiger partial charge on any atom is -0.322 e. The van der Waals surface area contributed by atoms with Gasteiger partial charge in [0, 0.05) is 10.9 Å². The third kappa shape index (κ3) is 3.32. The largest absolute Gasteiger partial charge is 0.344 e. The summed E-state index contributed by atoms with van der Waals surface area (Å²) >= 11 is 0. The molecule has 7 heteroatoms. The molecule has 2 heterocycles. The number of imide groups is 1. The predicted octanol–water partition coefficient (Wildman–Crippen LogP) is 3.80. The summed E-state index contributed by atoms with van der Waals surface area (Å²) in [5.74, 6) is -0.903. The molecule has 1 spiro atoms. The minimum atomic E-state index is -0.891. The lowest BCUT2D eigenvalue weighted by Gasteiger charge is -2.30. The van der Waals surface area contributed by atoms with Gasteiger partial charge in [-0.05, 0) is 25.0 Å². The number of amides is 4. The molecule has 0 unspecified atom stereocenters. The number of carbonyl (C=O) groups is 3. The first-order valence-corrected chi connectivity index (χ1v) is 10.5. The lowest BCUT2D eigenvalue weighted by molar-refractivity contribution is -0.134. The molecule has 3 aromatic rings. The van der Waals surface area contributed by atoms with Gasteiger partial charge >= 0.3 is 6.03 Å². The molecule has 2 aliphatic rings. The number of nitrogens with zero attached hydrogens (tertiary/aromatic N) is 2. The highest BCUT2D eigenvalue weighted by Gasteiger charge is 2.52. The first kappa shape index (κ1) is 19.2. The predicted molar refractivity (Wildman–Crippen MR) is 116 cm³/mol. The smallest absolute Gasteiger partial charge is 0.322 e. The van der Waals surface area contributed by atoms with Crippen LogP contribution in [0.25, 0.3) is 22.2 Å². The number of fused-ring (bicyclic) bond motifs is 1. The number of carbonyl (C=O) groups excluding carboxylic acids is 3. The summed E-state index contributed by atoms with van der Waals surface area (Å²) in [5, 5.41) is 4.30. The van der Waals surface area contributed by atoms with Gasteiger partial charge in [0.2, 0.25) is 0 Å². The van der Waals surface area contributed by atoms with Gasteiger partial charge in [-0.25, -0.2) is 9.78 Å². The van der Waals surface area contributed by atoms with Crippen molar-refractivity contribution in [3.05, 3.63) is 66.2 Å². The van der Waals surface area contributed by atoms with Gasteiger partial charge in [0.05, 0.1) is 16.8 Å². The van der Waals surface area contributed by atoms with Crippen molar-refractivity contribution in [3.8, 4) is 11.3 Å². The van der Waals surface area contributed by atoms with Crippen LogP contribution in [0.1, 0.15) is 42.5 Å². The van der Waals surface area contributed by atoms with Crippen molar-refractivity contribution in [2.75, 3.05) is 0 Å². The Hall–Kier alpha value is -3.74. The number of pyridine rings is 1. The molecule has 156 valence electrons. The first-order valence-electron chi connectivity index (χ1n) is 10.5. The van der Waals surface area contributed by atoms with Gasteiger partial charge in [0.1, 0.15) is 5.54 Å². The lowest BCUT2D eigenvalue weighted by atomic mass is 9.82. The summed E-state index contributed by atoms with van der Waals surface area (Å²) in [5.41, 5.74) is 4.19. The third-order valence-corrected chi connectivity index (χ3v) is 6.11. The number of hydrogen-bond donors (Lipinski definition) is 2. The number of aromatic nitrogens is 1. The van der Waals surface area contributed by atoms with Crippen LogP contribution >= 0.6 is 0 Å². The molecule has 5 rings (SSSR count). The molecule has 0 radical (unpaired) electrons. The molecule has 1 saturated carbocycles. The van der Waals surface area contributed by atoms with E-state index in [1.54, 1.807) is 12.1 Å². The number of urea groups is 1. The van der Waals surface area contributed by atoms with Gasteiger partial charge < -0.3 is 5.32 Å². The fraction of sp³-hybridized carbons (Fsp3) is 0.250. The van der Waals surface area contributed by atoms with Gasteiger partial charge in [0.15, 0.2) is 0 Å². The van der Waals surface area contributed by atoms with E-state index in [-0.39, 0.29) is 5.91 Å². The highest BCUT2D eigenvalue weighted by molar-refractivity contribution is 6.12. The lowest BCUT2D eigenvalue weighted by Crippen LogP contribution is -2.51. The molecule has 1 aliphatic carbocycles. The fourth-order valence-corrected chi connectivity index (χ4v) is 4.50. The topological polar surface area (TPSA) is 91.4 Å². The van der Waals surface area contributed by atoms with E-state index in [0.29, 0.717) is 35.0 Å². The molecule has 4 amide bonds. The maximum absolute atomic E-state index is 13.2. The zero-order valence-electron chi connectivity index (χ0n) is 16.9. The zero-order chi connectivity index (χ0) is 21.4. The van der Waals surface area contributed by atoms with E-state index in [2.05, 4.69) is 15.7 Å². The van der Waals surface area contributed by atoms with Crippen molar-refractivity contribution < 1.29 is 14.4 Å². The van der Waals surface area contributed by atoms with Gasteiger partial charge in [-0.1, -0.05) is 67.8 Å². The SMILES string of the molecule is O=C(NN1C(=O)NC2(CCCCC2)C1=O)c1cc(-c2ccccc2)nc2ccccc12. The average molecular weight is 414 g/mol. The quantitative estimate of drug-likeness (QED) is 0.638. The van der Waals surface area contributed by atoms with Crippen LogP contribution in [0.15, 0.2) is 60.7 Å². The molecule has 7 nitrogen and oxygen atoms in total. The van der Waals surface area contributed by atoms with Crippen molar-refractivity contribution in [1.82, 2.24) is 20.7 Å². The van der Waals surface area contributed by atoms with Gasteiger partial charge in [-0.2, -0.15) is 5.01 Å². The Labute approximate surface area is 179 Å². The molecular formula is C24H22N4O3. The van der Waals surface area contributed by atoms with Gasteiger partial charge in [0.25, 0.3) is 11.8 Å². The van der Waals surface area contributed by atoms with Crippen molar-refractivity contribution in [2.45, 2.75) is 37.6 Å². The van der Waals surface area contributed by atoms with E-state index in [1.165, 1.54) is 0 Å². The Kier molecular flexibility index (Phi) is 4.66. The summed E-state index contributed by atoms with van der Waals surface area (Å²) in [7, 11) is 0. The molecule has 0 bridgehead atoms. The summed E-state index contributed by atoms with van der Waals surface area (Å²) in [6.45, 7) is 0. The zero-order valence-corrected chi connectivity index (χ0v) is 16.9. The number of rotatable bonds is 3. The van der Waals surface area contributed by atoms with Crippen LogP contribution in [-0.2, 0) is 4.79 Å². The number of hydrogen-bond acceptors (Lipinski definition) is 4. The Balaban J connectivity index is 1.50. The van der Waals surface area contributed by atoms with Crippen LogP contribution in [0.3, 0.4) is 0 Å². The molecule has 1 saturated heterocycles. The van der Waals surface area contributed by atoms with Crippen molar-refractivity contribution in [1.29, 1.82) is 0 Å². The molecule has 2 fully saturated rings. The minimum absolute atomic E-state index is 0.356. The number of nitrogens with one attached hydrogen (secondary N) is 2. The highest BCUT2D eigenvalue weighted by atomic mass is 16.2. The monoisotopic (exact) mass is 414 g/mol. The summed E-state index contributed by atoms with van der Waals surface area (Å²) in [6, 6.07) is 18.0. The second-order valence-corrected chi connectivity index (χ2v) is 8.09. The van der Waals surface area contributed by atoms with Crippen LogP contribution in [0.4, 0.5) is 4.79 Å². The maximum Gasteiger partial charge on any atom is 0.344 e. The Morgan fingerprint density at radius 3 is 2.45 bits per heavy atom. The van der Waals surface area contributed by atoms with Gasteiger partial charge in [-0.15, -0.1) is 0 Å².